The molecular formula is C15H15N3O3. The maximum atomic E-state index is 11.8. The molecule has 0 aliphatic heterocycles. The number of nitrogens with zero attached hydrogens (tertiary/aromatic N) is 1. The van der Waals surface area contributed by atoms with Crippen LogP contribution in [-0.4, -0.2) is 17.4 Å². The molecule has 0 heterocycles. The van der Waals surface area contributed by atoms with Gasteiger partial charge in [0.2, 0.25) is 0 Å². The Hall–Kier alpha value is -2.89. The Labute approximate surface area is 121 Å². The number of rotatable bonds is 5. The lowest BCUT2D eigenvalue weighted by Crippen LogP contribution is -2.25. The van der Waals surface area contributed by atoms with Crippen LogP contribution in [0.4, 0.5) is 11.4 Å². The first-order valence-electron chi connectivity index (χ1n) is 6.43. The van der Waals surface area contributed by atoms with Crippen molar-refractivity contribution in [3.05, 3.63) is 69.8 Å². The number of nitrogen functional groups attached to an aromatic ring is 1. The van der Waals surface area contributed by atoms with Gasteiger partial charge in [0.25, 0.3) is 11.6 Å². The van der Waals surface area contributed by atoms with Crippen molar-refractivity contribution in [3.63, 3.8) is 0 Å². The van der Waals surface area contributed by atoms with Gasteiger partial charge in [-0.1, -0.05) is 12.1 Å². The van der Waals surface area contributed by atoms with Gasteiger partial charge in [0.15, 0.2) is 0 Å². The molecule has 21 heavy (non-hydrogen) atoms. The molecule has 3 N–H and O–H groups in total. The number of carbonyl (C=O) groups is 1. The fourth-order valence-electron chi connectivity index (χ4n) is 1.84. The Bertz CT molecular complexity index is 636. The second kappa shape index (κ2) is 6.51. The largest absolute Gasteiger partial charge is 0.399 e. The number of hydrogen-bond donors (Lipinski definition) is 2. The first-order chi connectivity index (χ1) is 10.1. The zero-order chi connectivity index (χ0) is 15.2. The summed E-state index contributed by atoms with van der Waals surface area (Å²) < 4.78 is 0. The van der Waals surface area contributed by atoms with E-state index in [2.05, 4.69) is 5.32 Å². The zero-order valence-corrected chi connectivity index (χ0v) is 11.3. The van der Waals surface area contributed by atoms with Crippen LogP contribution < -0.4 is 11.1 Å². The van der Waals surface area contributed by atoms with Crippen molar-refractivity contribution in [1.29, 1.82) is 0 Å². The SMILES string of the molecule is Nc1ccc(C(=O)NCCc2ccc([N+](=O)[O-])cc2)cc1. The van der Waals surface area contributed by atoms with Crippen molar-refractivity contribution < 1.29 is 9.72 Å². The summed E-state index contributed by atoms with van der Waals surface area (Å²) in [5.41, 5.74) is 7.70. The molecule has 6 nitrogen and oxygen atoms in total. The smallest absolute Gasteiger partial charge is 0.269 e. The molecule has 1 amide bonds. The summed E-state index contributed by atoms with van der Waals surface area (Å²) in [6.45, 7) is 0.459. The van der Waals surface area contributed by atoms with E-state index in [0.29, 0.717) is 24.2 Å². The van der Waals surface area contributed by atoms with Gasteiger partial charge in [0.05, 0.1) is 4.92 Å². The molecule has 0 bridgehead atoms. The molecule has 0 unspecified atom stereocenters. The maximum Gasteiger partial charge on any atom is 0.269 e. The number of non-ortho nitro benzene ring substituents is 1. The highest BCUT2D eigenvalue weighted by Gasteiger charge is 2.06. The summed E-state index contributed by atoms with van der Waals surface area (Å²) >= 11 is 0. The topological polar surface area (TPSA) is 98.3 Å². The lowest BCUT2D eigenvalue weighted by molar-refractivity contribution is -0.384. The van der Waals surface area contributed by atoms with Gasteiger partial charge >= 0.3 is 0 Å². The summed E-state index contributed by atoms with van der Waals surface area (Å²) in [5.74, 6) is -0.170. The van der Waals surface area contributed by atoms with Crippen molar-refractivity contribution in [2.45, 2.75) is 6.42 Å². The summed E-state index contributed by atoms with van der Waals surface area (Å²) in [6.07, 6.45) is 0.610. The van der Waals surface area contributed by atoms with E-state index in [1.807, 2.05) is 0 Å². The van der Waals surface area contributed by atoms with Gasteiger partial charge in [-0.25, -0.2) is 0 Å². The molecule has 2 rings (SSSR count). The molecule has 0 radical (unpaired) electrons. The average Bonchev–Trinajstić information content (AvgIpc) is 2.48. The number of benzene rings is 2. The lowest BCUT2D eigenvalue weighted by atomic mass is 10.1. The molecule has 0 aromatic heterocycles. The highest BCUT2D eigenvalue weighted by Crippen LogP contribution is 2.12. The van der Waals surface area contributed by atoms with Crippen LogP contribution in [0.2, 0.25) is 0 Å². The molecule has 6 heteroatoms. The molecule has 2 aromatic carbocycles. The number of nitrogens with two attached hydrogens (primary N) is 1. The minimum absolute atomic E-state index is 0.0599. The van der Waals surface area contributed by atoms with Gasteiger partial charge in [0.1, 0.15) is 0 Å². The highest BCUT2D eigenvalue weighted by molar-refractivity contribution is 5.94. The van der Waals surface area contributed by atoms with Crippen molar-refractivity contribution in [2.75, 3.05) is 12.3 Å². The van der Waals surface area contributed by atoms with Crippen molar-refractivity contribution in [2.24, 2.45) is 0 Å². The van der Waals surface area contributed by atoms with Gasteiger partial charge in [0, 0.05) is 29.9 Å². The van der Waals surface area contributed by atoms with Crippen LogP contribution in [0.5, 0.6) is 0 Å². The van der Waals surface area contributed by atoms with Crippen molar-refractivity contribution >= 4 is 17.3 Å². The van der Waals surface area contributed by atoms with Crippen molar-refractivity contribution in [1.82, 2.24) is 5.32 Å². The second-order valence-corrected chi connectivity index (χ2v) is 4.55. The van der Waals surface area contributed by atoms with Gasteiger partial charge in [-0.2, -0.15) is 0 Å². The number of carbonyl (C=O) groups excluding carboxylic acids is 1. The number of amides is 1. The average molecular weight is 285 g/mol. The van der Waals surface area contributed by atoms with Gasteiger partial charge < -0.3 is 11.1 Å². The third-order valence-corrected chi connectivity index (χ3v) is 3.02. The van der Waals surface area contributed by atoms with E-state index in [-0.39, 0.29) is 11.6 Å². The second-order valence-electron chi connectivity index (χ2n) is 4.55. The number of hydrogen-bond acceptors (Lipinski definition) is 4. The molecule has 108 valence electrons. The van der Waals surface area contributed by atoms with E-state index >= 15 is 0 Å². The fraction of sp³-hybridized carbons (Fsp3) is 0.133. The number of anilines is 1. The molecule has 2 aromatic rings. The number of nitro benzene ring substituents is 1. The normalized spacial score (nSPS) is 10.1. The third kappa shape index (κ3) is 4.04. The Morgan fingerprint density at radius 2 is 1.71 bits per heavy atom. The zero-order valence-electron chi connectivity index (χ0n) is 11.3. The summed E-state index contributed by atoms with van der Waals surface area (Å²) in [4.78, 5) is 21.9. The Balaban J connectivity index is 1.85. The number of nitrogens with one attached hydrogen (secondary N) is 1. The van der Waals surface area contributed by atoms with Crippen LogP contribution in [0.3, 0.4) is 0 Å². The third-order valence-electron chi connectivity index (χ3n) is 3.02. The lowest BCUT2D eigenvalue weighted by Gasteiger charge is -2.05. The molecule has 0 aliphatic carbocycles. The van der Waals surface area contributed by atoms with Crippen LogP contribution >= 0.6 is 0 Å². The first-order valence-corrected chi connectivity index (χ1v) is 6.43. The standard InChI is InChI=1S/C15H15N3O3/c16-13-5-3-12(4-6-13)15(19)17-10-9-11-1-7-14(8-2-11)18(20)21/h1-8H,9-10,16H2,(H,17,19). The summed E-state index contributed by atoms with van der Waals surface area (Å²) in [5, 5.41) is 13.3. The Morgan fingerprint density at radius 3 is 2.29 bits per heavy atom. The van der Waals surface area contributed by atoms with Crippen LogP contribution in [0.1, 0.15) is 15.9 Å². The van der Waals surface area contributed by atoms with Gasteiger partial charge in [-0.3, -0.25) is 14.9 Å². The quantitative estimate of drug-likeness (QED) is 0.499. The van der Waals surface area contributed by atoms with Crippen LogP contribution in [0.15, 0.2) is 48.5 Å². The van der Waals surface area contributed by atoms with E-state index in [0.717, 1.165) is 5.56 Å². The van der Waals surface area contributed by atoms with Gasteiger partial charge in [-0.05, 0) is 36.2 Å². The predicted octanol–water partition coefficient (Wildman–Crippen LogP) is 2.15. The predicted molar refractivity (Wildman–Crippen MR) is 80.0 cm³/mol. The minimum Gasteiger partial charge on any atom is -0.399 e. The van der Waals surface area contributed by atoms with Crippen LogP contribution in [-0.2, 0) is 6.42 Å². The molecular weight excluding hydrogens is 270 g/mol. The van der Waals surface area contributed by atoms with Crippen molar-refractivity contribution in [3.8, 4) is 0 Å². The van der Waals surface area contributed by atoms with Crippen LogP contribution in [0.25, 0.3) is 0 Å². The molecule has 0 spiro atoms. The number of nitro groups is 1. The van der Waals surface area contributed by atoms with Gasteiger partial charge in [-0.15, -0.1) is 0 Å². The molecule has 0 fully saturated rings. The Morgan fingerprint density at radius 1 is 1.10 bits per heavy atom. The van der Waals surface area contributed by atoms with E-state index in [9.17, 15) is 14.9 Å². The maximum absolute atomic E-state index is 11.8. The first kappa shape index (κ1) is 14.5. The monoisotopic (exact) mass is 285 g/mol. The summed E-state index contributed by atoms with van der Waals surface area (Å²) in [7, 11) is 0. The van der Waals surface area contributed by atoms with E-state index < -0.39 is 4.92 Å². The molecule has 0 aliphatic rings. The van der Waals surface area contributed by atoms with E-state index in [4.69, 9.17) is 5.73 Å². The summed E-state index contributed by atoms with van der Waals surface area (Å²) in [6, 6.07) is 13.0. The molecule has 0 saturated carbocycles. The van der Waals surface area contributed by atoms with Crippen LogP contribution in [0, 0.1) is 10.1 Å². The molecule has 0 atom stereocenters. The van der Waals surface area contributed by atoms with E-state index in [1.54, 1.807) is 36.4 Å². The highest BCUT2D eigenvalue weighted by atomic mass is 16.6. The fourth-order valence-corrected chi connectivity index (χ4v) is 1.84. The Kier molecular flexibility index (Phi) is 4.50. The minimum atomic E-state index is -0.438. The van der Waals surface area contributed by atoms with E-state index in [1.165, 1.54) is 12.1 Å². The molecule has 0 saturated heterocycles.